The number of ketones is 1. The van der Waals surface area contributed by atoms with Crippen LogP contribution in [-0.2, 0) is 6.42 Å². The number of benzene rings is 2. The normalized spacial score (nSPS) is 10.2. The molecular weight excluding hydrogens is 236 g/mol. The Morgan fingerprint density at radius 3 is 2.63 bits per heavy atom. The van der Waals surface area contributed by atoms with E-state index in [2.05, 4.69) is 13.0 Å². The van der Waals surface area contributed by atoms with Crippen LogP contribution in [0.2, 0.25) is 0 Å². The van der Waals surface area contributed by atoms with Gasteiger partial charge in [0.2, 0.25) is 0 Å². The fourth-order valence-corrected chi connectivity index (χ4v) is 2.14. The lowest BCUT2D eigenvalue weighted by Gasteiger charge is -2.08. The van der Waals surface area contributed by atoms with Crippen LogP contribution in [0.5, 0.6) is 5.75 Å². The zero-order valence-electron chi connectivity index (χ0n) is 11.3. The lowest BCUT2D eigenvalue weighted by Crippen LogP contribution is -2.04. The SMILES string of the molecule is CCCc1cccc(C(=O)c2ccccc2OC)c1. The van der Waals surface area contributed by atoms with Crippen LogP contribution in [0.1, 0.15) is 34.8 Å². The van der Waals surface area contributed by atoms with Gasteiger partial charge in [-0.2, -0.15) is 0 Å². The van der Waals surface area contributed by atoms with E-state index < -0.39 is 0 Å². The van der Waals surface area contributed by atoms with Gasteiger partial charge in [0.15, 0.2) is 5.78 Å². The Hall–Kier alpha value is -2.09. The zero-order valence-corrected chi connectivity index (χ0v) is 11.3. The Labute approximate surface area is 114 Å². The van der Waals surface area contributed by atoms with Crippen molar-refractivity contribution in [2.24, 2.45) is 0 Å². The molecule has 98 valence electrons. The van der Waals surface area contributed by atoms with E-state index in [1.165, 1.54) is 5.56 Å². The summed E-state index contributed by atoms with van der Waals surface area (Å²) >= 11 is 0. The van der Waals surface area contributed by atoms with Crippen molar-refractivity contribution in [2.45, 2.75) is 19.8 Å². The summed E-state index contributed by atoms with van der Waals surface area (Å²) in [6.07, 6.45) is 2.07. The first kappa shape index (κ1) is 13.3. The molecule has 0 saturated heterocycles. The molecule has 0 atom stereocenters. The third kappa shape index (κ3) is 3.02. The summed E-state index contributed by atoms with van der Waals surface area (Å²) < 4.78 is 5.24. The van der Waals surface area contributed by atoms with Crippen molar-refractivity contribution < 1.29 is 9.53 Å². The third-order valence-electron chi connectivity index (χ3n) is 3.08. The zero-order chi connectivity index (χ0) is 13.7. The first-order chi connectivity index (χ1) is 9.26. The lowest BCUT2D eigenvalue weighted by molar-refractivity contribution is 0.103. The molecule has 2 aromatic rings. The van der Waals surface area contributed by atoms with Crippen LogP contribution in [0.4, 0.5) is 0 Å². The molecule has 0 aliphatic heterocycles. The highest BCUT2D eigenvalue weighted by Gasteiger charge is 2.13. The van der Waals surface area contributed by atoms with Gasteiger partial charge in [0.25, 0.3) is 0 Å². The summed E-state index contributed by atoms with van der Waals surface area (Å²) in [6.45, 7) is 2.13. The van der Waals surface area contributed by atoms with E-state index in [1.807, 2.05) is 36.4 Å². The predicted molar refractivity (Wildman–Crippen MR) is 76.9 cm³/mol. The topological polar surface area (TPSA) is 26.3 Å². The molecule has 0 spiro atoms. The van der Waals surface area contributed by atoms with Gasteiger partial charge in [-0.3, -0.25) is 4.79 Å². The van der Waals surface area contributed by atoms with E-state index in [0.717, 1.165) is 18.4 Å². The van der Waals surface area contributed by atoms with Gasteiger partial charge in [-0.1, -0.05) is 43.7 Å². The van der Waals surface area contributed by atoms with Gasteiger partial charge >= 0.3 is 0 Å². The molecule has 0 unspecified atom stereocenters. The second-order valence-corrected chi connectivity index (χ2v) is 4.48. The van der Waals surface area contributed by atoms with E-state index in [9.17, 15) is 4.79 Å². The highest BCUT2D eigenvalue weighted by molar-refractivity contribution is 6.10. The number of hydrogen-bond donors (Lipinski definition) is 0. The minimum absolute atomic E-state index is 0.00963. The van der Waals surface area contributed by atoms with Gasteiger partial charge < -0.3 is 4.74 Å². The summed E-state index contributed by atoms with van der Waals surface area (Å²) in [5.41, 5.74) is 2.53. The molecule has 0 aliphatic carbocycles. The Kier molecular flexibility index (Phi) is 4.35. The average Bonchev–Trinajstić information content (AvgIpc) is 2.47. The number of para-hydroxylation sites is 1. The Bertz CT molecular complexity index is 573. The van der Waals surface area contributed by atoms with Gasteiger partial charge in [0.05, 0.1) is 12.7 Å². The van der Waals surface area contributed by atoms with Crippen LogP contribution in [0.25, 0.3) is 0 Å². The summed E-state index contributed by atoms with van der Waals surface area (Å²) in [4.78, 5) is 12.5. The third-order valence-corrected chi connectivity index (χ3v) is 3.08. The number of carbonyl (C=O) groups excluding carboxylic acids is 1. The Balaban J connectivity index is 2.35. The van der Waals surface area contributed by atoms with Gasteiger partial charge in [0, 0.05) is 5.56 Å². The van der Waals surface area contributed by atoms with E-state index in [0.29, 0.717) is 11.3 Å². The molecular formula is C17H18O2. The summed E-state index contributed by atoms with van der Waals surface area (Å²) in [7, 11) is 1.58. The van der Waals surface area contributed by atoms with E-state index in [1.54, 1.807) is 13.2 Å². The van der Waals surface area contributed by atoms with Crippen LogP contribution < -0.4 is 4.74 Å². The number of hydrogen-bond acceptors (Lipinski definition) is 2. The number of carbonyl (C=O) groups is 1. The summed E-state index contributed by atoms with van der Waals surface area (Å²) in [6, 6.07) is 15.1. The molecule has 0 saturated carbocycles. The van der Waals surface area contributed by atoms with Crippen molar-refractivity contribution in [3.8, 4) is 5.75 Å². The fourth-order valence-electron chi connectivity index (χ4n) is 2.14. The molecule has 0 aromatic heterocycles. The van der Waals surface area contributed by atoms with Crippen LogP contribution in [-0.4, -0.2) is 12.9 Å². The van der Waals surface area contributed by atoms with Gasteiger partial charge in [-0.05, 0) is 30.2 Å². The quantitative estimate of drug-likeness (QED) is 0.757. The number of ether oxygens (including phenoxy) is 1. The van der Waals surface area contributed by atoms with E-state index >= 15 is 0 Å². The van der Waals surface area contributed by atoms with Crippen molar-refractivity contribution >= 4 is 5.78 Å². The number of methoxy groups -OCH3 is 1. The second kappa shape index (κ2) is 6.19. The molecule has 0 heterocycles. The predicted octanol–water partition coefficient (Wildman–Crippen LogP) is 3.88. The van der Waals surface area contributed by atoms with Crippen molar-refractivity contribution in [2.75, 3.05) is 7.11 Å². The fraction of sp³-hybridized carbons (Fsp3) is 0.235. The largest absolute Gasteiger partial charge is 0.496 e. The van der Waals surface area contributed by atoms with Crippen molar-refractivity contribution in [1.82, 2.24) is 0 Å². The van der Waals surface area contributed by atoms with Gasteiger partial charge in [-0.25, -0.2) is 0 Å². The molecule has 2 aromatic carbocycles. The van der Waals surface area contributed by atoms with Crippen molar-refractivity contribution in [1.29, 1.82) is 0 Å². The van der Waals surface area contributed by atoms with Crippen LogP contribution in [0.3, 0.4) is 0 Å². The standard InChI is InChI=1S/C17H18O2/c1-3-7-13-8-6-9-14(12-13)17(18)15-10-4-5-11-16(15)19-2/h4-6,8-12H,3,7H2,1-2H3. The van der Waals surface area contributed by atoms with Gasteiger partial charge in [-0.15, -0.1) is 0 Å². The Morgan fingerprint density at radius 1 is 1.11 bits per heavy atom. The molecule has 0 aliphatic rings. The lowest BCUT2D eigenvalue weighted by atomic mass is 9.99. The minimum atomic E-state index is 0.00963. The molecule has 0 radical (unpaired) electrons. The maximum absolute atomic E-state index is 12.5. The van der Waals surface area contributed by atoms with E-state index in [-0.39, 0.29) is 5.78 Å². The van der Waals surface area contributed by atoms with E-state index in [4.69, 9.17) is 4.74 Å². The van der Waals surface area contributed by atoms with Crippen molar-refractivity contribution in [3.63, 3.8) is 0 Å². The van der Waals surface area contributed by atoms with Crippen LogP contribution in [0.15, 0.2) is 48.5 Å². The average molecular weight is 254 g/mol. The monoisotopic (exact) mass is 254 g/mol. The molecule has 2 nitrogen and oxygen atoms in total. The Morgan fingerprint density at radius 2 is 1.89 bits per heavy atom. The molecule has 2 heteroatoms. The number of rotatable bonds is 5. The second-order valence-electron chi connectivity index (χ2n) is 4.48. The first-order valence-electron chi connectivity index (χ1n) is 6.53. The minimum Gasteiger partial charge on any atom is -0.496 e. The smallest absolute Gasteiger partial charge is 0.196 e. The maximum atomic E-state index is 12.5. The molecule has 0 amide bonds. The highest BCUT2D eigenvalue weighted by Crippen LogP contribution is 2.21. The van der Waals surface area contributed by atoms with Crippen LogP contribution >= 0.6 is 0 Å². The first-order valence-corrected chi connectivity index (χ1v) is 6.53. The molecule has 0 bridgehead atoms. The summed E-state index contributed by atoms with van der Waals surface area (Å²) in [5, 5.41) is 0. The molecule has 19 heavy (non-hydrogen) atoms. The molecule has 0 fully saturated rings. The maximum Gasteiger partial charge on any atom is 0.196 e. The number of aryl methyl sites for hydroxylation is 1. The highest BCUT2D eigenvalue weighted by atomic mass is 16.5. The van der Waals surface area contributed by atoms with Gasteiger partial charge in [0.1, 0.15) is 5.75 Å². The van der Waals surface area contributed by atoms with Crippen LogP contribution in [0, 0.1) is 0 Å². The van der Waals surface area contributed by atoms with Crippen molar-refractivity contribution in [3.05, 3.63) is 65.2 Å². The summed E-state index contributed by atoms with van der Waals surface area (Å²) in [5.74, 6) is 0.629. The molecule has 0 N–H and O–H groups in total. The molecule has 2 rings (SSSR count).